The van der Waals surface area contributed by atoms with Gasteiger partial charge in [0.2, 0.25) is 0 Å². The van der Waals surface area contributed by atoms with Gasteiger partial charge < -0.3 is 15.2 Å². The van der Waals surface area contributed by atoms with Crippen LogP contribution < -0.4 is 10.6 Å². The summed E-state index contributed by atoms with van der Waals surface area (Å²) in [4.78, 5) is 8.38. The molecule has 2 rings (SSSR count). The molecule has 6 heteroatoms. The summed E-state index contributed by atoms with van der Waals surface area (Å²) in [7, 11) is 1.73. The largest absolute Gasteiger partial charge is 0.356 e. The molecule has 0 aliphatic carbocycles. The lowest BCUT2D eigenvalue weighted by atomic mass is 10.2. The van der Waals surface area contributed by atoms with E-state index in [0.717, 1.165) is 43.3 Å². The first-order valence-corrected chi connectivity index (χ1v) is 7.86. The Kier molecular flexibility index (Phi) is 6.59. The van der Waals surface area contributed by atoms with E-state index in [2.05, 4.69) is 25.2 Å². The van der Waals surface area contributed by atoms with Crippen molar-refractivity contribution in [1.82, 2.24) is 20.2 Å². The average molecular weight is 317 g/mol. The van der Waals surface area contributed by atoms with Gasteiger partial charge in [0, 0.05) is 39.1 Å². The highest BCUT2D eigenvalue weighted by Gasteiger charge is 2.00. The van der Waals surface area contributed by atoms with Crippen LogP contribution in [0.4, 0.5) is 4.39 Å². The van der Waals surface area contributed by atoms with Crippen LogP contribution in [0.1, 0.15) is 24.2 Å². The molecule has 124 valence electrons. The number of hydrogen-bond donors (Lipinski definition) is 2. The zero-order valence-electron chi connectivity index (χ0n) is 13.7. The molecule has 0 spiro atoms. The summed E-state index contributed by atoms with van der Waals surface area (Å²) in [6.07, 6.45) is 5.94. The molecule has 0 radical (unpaired) electrons. The molecular weight excluding hydrogens is 293 g/mol. The molecule has 0 atom stereocenters. The topological polar surface area (TPSA) is 54.2 Å². The Labute approximate surface area is 136 Å². The minimum absolute atomic E-state index is 0.220. The molecule has 0 unspecified atom stereocenters. The third-order valence-electron chi connectivity index (χ3n) is 3.61. The van der Waals surface area contributed by atoms with Crippen LogP contribution >= 0.6 is 0 Å². The number of guanidine groups is 1. The van der Waals surface area contributed by atoms with Crippen molar-refractivity contribution in [1.29, 1.82) is 0 Å². The molecule has 0 bridgehead atoms. The minimum atomic E-state index is -0.220. The van der Waals surface area contributed by atoms with Gasteiger partial charge in [-0.25, -0.2) is 9.37 Å². The Balaban J connectivity index is 1.64. The second-order valence-corrected chi connectivity index (χ2v) is 5.36. The second kappa shape index (κ2) is 8.92. The van der Waals surface area contributed by atoms with Crippen LogP contribution in [0.3, 0.4) is 0 Å². The van der Waals surface area contributed by atoms with Gasteiger partial charge in [0.05, 0.1) is 0 Å². The molecule has 0 amide bonds. The Morgan fingerprint density at radius 2 is 2.17 bits per heavy atom. The van der Waals surface area contributed by atoms with E-state index in [1.54, 1.807) is 13.1 Å². The molecule has 2 N–H and O–H groups in total. The van der Waals surface area contributed by atoms with Crippen LogP contribution in [0.25, 0.3) is 0 Å². The van der Waals surface area contributed by atoms with Crippen molar-refractivity contribution in [2.75, 3.05) is 13.6 Å². The summed E-state index contributed by atoms with van der Waals surface area (Å²) in [5, 5.41) is 6.45. The molecule has 0 aliphatic rings. The third kappa shape index (κ3) is 5.73. The summed E-state index contributed by atoms with van der Waals surface area (Å²) in [5.41, 5.74) is 0.892. The van der Waals surface area contributed by atoms with Gasteiger partial charge in [-0.3, -0.25) is 4.99 Å². The maximum Gasteiger partial charge on any atom is 0.191 e. The SMILES string of the molecule is CN=C(NCCCCn1ccnc1C)NCc1cccc(F)c1. The molecule has 5 nitrogen and oxygen atoms in total. The van der Waals surface area contributed by atoms with E-state index in [0.29, 0.717) is 6.54 Å². The molecule has 0 saturated heterocycles. The number of nitrogens with one attached hydrogen (secondary N) is 2. The molecule has 1 aromatic carbocycles. The highest BCUT2D eigenvalue weighted by atomic mass is 19.1. The van der Waals surface area contributed by atoms with Crippen molar-refractivity contribution in [3.63, 3.8) is 0 Å². The summed E-state index contributed by atoms with van der Waals surface area (Å²) in [6, 6.07) is 6.56. The van der Waals surface area contributed by atoms with Gasteiger partial charge in [-0.1, -0.05) is 12.1 Å². The average Bonchev–Trinajstić information content (AvgIpc) is 2.95. The molecule has 1 aromatic heterocycles. The Morgan fingerprint density at radius 3 is 2.87 bits per heavy atom. The van der Waals surface area contributed by atoms with Crippen LogP contribution in [0.15, 0.2) is 41.7 Å². The van der Waals surface area contributed by atoms with Crippen molar-refractivity contribution in [3.05, 3.63) is 53.9 Å². The normalized spacial score (nSPS) is 11.5. The fraction of sp³-hybridized carbons (Fsp3) is 0.412. The van der Waals surface area contributed by atoms with Gasteiger partial charge in [-0.15, -0.1) is 0 Å². The molecular formula is C17H24FN5. The minimum Gasteiger partial charge on any atom is -0.356 e. The molecule has 2 aromatic rings. The van der Waals surface area contributed by atoms with Crippen LogP contribution in [0.2, 0.25) is 0 Å². The van der Waals surface area contributed by atoms with E-state index in [4.69, 9.17) is 0 Å². The van der Waals surface area contributed by atoms with Gasteiger partial charge in [0.15, 0.2) is 5.96 Å². The lowest BCUT2D eigenvalue weighted by molar-refractivity contribution is 0.588. The highest BCUT2D eigenvalue weighted by molar-refractivity contribution is 5.79. The zero-order chi connectivity index (χ0) is 16.5. The monoisotopic (exact) mass is 317 g/mol. The number of aryl methyl sites for hydroxylation is 2. The zero-order valence-corrected chi connectivity index (χ0v) is 13.7. The van der Waals surface area contributed by atoms with E-state index in [1.807, 2.05) is 25.4 Å². The predicted octanol–water partition coefficient (Wildman–Crippen LogP) is 2.48. The van der Waals surface area contributed by atoms with Crippen molar-refractivity contribution in [2.24, 2.45) is 4.99 Å². The van der Waals surface area contributed by atoms with E-state index in [1.165, 1.54) is 12.1 Å². The smallest absolute Gasteiger partial charge is 0.191 e. The number of imidazole rings is 1. The first-order chi connectivity index (χ1) is 11.2. The Hall–Kier alpha value is -2.37. The quantitative estimate of drug-likeness (QED) is 0.469. The molecule has 0 saturated carbocycles. The Bertz CT molecular complexity index is 635. The van der Waals surface area contributed by atoms with Gasteiger partial charge in [0.1, 0.15) is 11.6 Å². The van der Waals surface area contributed by atoms with Crippen molar-refractivity contribution < 1.29 is 4.39 Å². The lowest BCUT2D eigenvalue weighted by Gasteiger charge is -2.12. The van der Waals surface area contributed by atoms with Gasteiger partial charge >= 0.3 is 0 Å². The van der Waals surface area contributed by atoms with E-state index >= 15 is 0 Å². The molecule has 0 aliphatic heterocycles. The van der Waals surface area contributed by atoms with Crippen LogP contribution in [0, 0.1) is 12.7 Å². The number of rotatable bonds is 7. The number of unbranched alkanes of at least 4 members (excludes halogenated alkanes) is 1. The number of aromatic nitrogens is 2. The number of nitrogens with zero attached hydrogens (tertiary/aromatic N) is 3. The van der Waals surface area contributed by atoms with Gasteiger partial charge in [-0.2, -0.15) is 0 Å². The van der Waals surface area contributed by atoms with E-state index < -0.39 is 0 Å². The fourth-order valence-electron chi connectivity index (χ4n) is 2.31. The maximum absolute atomic E-state index is 13.1. The molecule has 1 heterocycles. The van der Waals surface area contributed by atoms with Crippen LogP contribution in [-0.2, 0) is 13.1 Å². The molecule has 23 heavy (non-hydrogen) atoms. The predicted molar refractivity (Wildman–Crippen MR) is 90.8 cm³/mol. The standard InChI is InChI=1S/C17H24FN5/c1-14-20-9-11-23(14)10-4-3-8-21-17(19-2)22-13-15-6-5-7-16(18)12-15/h5-7,9,11-12H,3-4,8,10,13H2,1-2H3,(H2,19,21,22). The van der Waals surface area contributed by atoms with Crippen molar-refractivity contribution in [3.8, 4) is 0 Å². The summed E-state index contributed by atoms with van der Waals surface area (Å²) < 4.78 is 15.3. The van der Waals surface area contributed by atoms with Crippen LogP contribution in [-0.4, -0.2) is 29.1 Å². The molecule has 0 fully saturated rings. The Morgan fingerprint density at radius 1 is 1.30 bits per heavy atom. The van der Waals surface area contributed by atoms with E-state index in [-0.39, 0.29) is 5.82 Å². The van der Waals surface area contributed by atoms with E-state index in [9.17, 15) is 4.39 Å². The summed E-state index contributed by atoms with van der Waals surface area (Å²) in [5.74, 6) is 1.56. The highest BCUT2D eigenvalue weighted by Crippen LogP contribution is 2.02. The summed E-state index contributed by atoms with van der Waals surface area (Å²) in [6.45, 7) is 4.38. The maximum atomic E-state index is 13.1. The fourth-order valence-corrected chi connectivity index (χ4v) is 2.31. The number of benzene rings is 1. The lowest BCUT2D eigenvalue weighted by Crippen LogP contribution is -2.37. The second-order valence-electron chi connectivity index (χ2n) is 5.36. The first-order valence-electron chi connectivity index (χ1n) is 7.86. The number of halogens is 1. The third-order valence-corrected chi connectivity index (χ3v) is 3.61. The summed E-state index contributed by atoms with van der Waals surface area (Å²) >= 11 is 0. The van der Waals surface area contributed by atoms with Gasteiger partial charge in [0.25, 0.3) is 0 Å². The van der Waals surface area contributed by atoms with Crippen molar-refractivity contribution >= 4 is 5.96 Å². The number of hydrogen-bond acceptors (Lipinski definition) is 2. The number of aliphatic imine (C=N–C) groups is 1. The first kappa shape index (κ1) is 17.0. The van der Waals surface area contributed by atoms with Gasteiger partial charge in [-0.05, 0) is 37.5 Å². The van der Waals surface area contributed by atoms with Crippen molar-refractivity contribution in [2.45, 2.75) is 32.9 Å². The van der Waals surface area contributed by atoms with Crippen LogP contribution in [0.5, 0.6) is 0 Å².